The molecule has 2 saturated heterocycles. The molecule has 188 valence electrons. The Morgan fingerprint density at radius 2 is 1.80 bits per heavy atom. The van der Waals surface area contributed by atoms with E-state index in [0.717, 1.165) is 38.8 Å². The van der Waals surface area contributed by atoms with Crippen molar-refractivity contribution in [3.63, 3.8) is 0 Å². The van der Waals surface area contributed by atoms with Crippen molar-refractivity contribution in [1.82, 2.24) is 15.5 Å². The van der Waals surface area contributed by atoms with Gasteiger partial charge in [0.2, 0.25) is 0 Å². The summed E-state index contributed by atoms with van der Waals surface area (Å²) in [5.41, 5.74) is 6.55. The number of hydrogen-bond acceptors (Lipinski definition) is 7. The molecule has 2 aliphatic heterocycles. The number of methoxy groups -OCH3 is 1. The number of carbonyl (C=O) groups is 2. The molecule has 2 aromatic carbocycles. The quantitative estimate of drug-likeness (QED) is 0.305. The second-order valence-corrected chi connectivity index (χ2v) is 9.53. The Kier molecular flexibility index (Phi) is 8.49. The molecule has 0 spiro atoms. The number of piperidine rings is 2. The summed E-state index contributed by atoms with van der Waals surface area (Å²) in [6, 6.07) is 12.0. The number of esters is 1. The predicted molar refractivity (Wildman–Crippen MR) is 136 cm³/mol. The van der Waals surface area contributed by atoms with E-state index in [1.807, 2.05) is 18.2 Å². The second kappa shape index (κ2) is 11.7. The number of anilines is 1. The van der Waals surface area contributed by atoms with Crippen LogP contribution in [0.3, 0.4) is 0 Å². The van der Waals surface area contributed by atoms with Crippen molar-refractivity contribution in [3.8, 4) is 11.5 Å². The fourth-order valence-electron chi connectivity index (χ4n) is 4.97. The number of likely N-dealkylation sites (tertiary alicyclic amines) is 1. The normalized spacial score (nSPS) is 18.6. The lowest BCUT2D eigenvalue weighted by Gasteiger charge is -2.41. The lowest BCUT2D eigenvalue weighted by Crippen LogP contribution is -2.55. The van der Waals surface area contributed by atoms with Gasteiger partial charge in [-0.1, -0.05) is 29.8 Å². The maximum absolute atomic E-state index is 13.3. The van der Waals surface area contributed by atoms with Gasteiger partial charge in [0.05, 0.1) is 23.4 Å². The van der Waals surface area contributed by atoms with E-state index in [-0.39, 0.29) is 29.9 Å². The van der Waals surface area contributed by atoms with Crippen LogP contribution in [-0.2, 0) is 4.79 Å². The molecule has 0 aliphatic carbocycles. The number of hydrogen-bond donors (Lipinski definition) is 3. The highest BCUT2D eigenvalue weighted by molar-refractivity contribution is 6.33. The molecular weight excluding hydrogens is 468 g/mol. The average molecular weight is 501 g/mol. The number of nitrogens with zero attached hydrogens (tertiary/aromatic N) is 1. The molecule has 0 saturated carbocycles. The molecule has 1 amide bonds. The molecule has 2 heterocycles. The second-order valence-electron chi connectivity index (χ2n) is 9.12. The molecule has 2 aromatic rings. The number of ether oxygens (including phenoxy) is 2. The predicted octanol–water partition coefficient (Wildman–Crippen LogP) is 3.10. The van der Waals surface area contributed by atoms with E-state index in [1.54, 1.807) is 18.2 Å². The smallest absolute Gasteiger partial charge is 0.329 e. The van der Waals surface area contributed by atoms with Gasteiger partial charge in [0.25, 0.3) is 5.91 Å². The minimum atomic E-state index is -0.301. The van der Waals surface area contributed by atoms with Crippen LogP contribution in [0.2, 0.25) is 5.02 Å². The molecule has 0 aromatic heterocycles. The van der Waals surface area contributed by atoms with Gasteiger partial charge < -0.3 is 25.8 Å². The SMILES string of the molecule is COc1cc(N)c(Cl)cc1C(=O)NC1CCN(C(C(=O)Oc2ccccc2)C2CCNCC2)CC1. The lowest BCUT2D eigenvalue weighted by atomic mass is 9.87. The van der Waals surface area contributed by atoms with Crippen LogP contribution in [0, 0.1) is 5.92 Å². The van der Waals surface area contributed by atoms with Gasteiger partial charge in [-0.3, -0.25) is 9.69 Å². The van der Waals surface area contributed by atoms with E-state index in [2.05, 4.69) is 15.5 Å². The zero-order chi connectivity index (χ0) is 24.8. The molecule has 4 N–H and O–H groups in total. The van der Waals surface area contributed by atoms with E-state index < -0.39 is 0 Å². The van der Waals surface area contributed by atoms with Crippen LogP contribution in [0.4, 0.5) is 5.69 Å². The minimum absolute atomic E-state index is 0.0152. The summed E-state index contributed by atoms with van der Waals surface area (Å²) in [7, 11) is 1.49. The first-order valence-electron chi connectivity index (χ1n) is 12.1. The first-order valence-corrected chi connectivity index (χ1v) is 12.5. The Bertz CT molecular complexity index is 1020. The highest BCUT2D eigenvalue weighted by Crippen LogP contribution is 2.30. The van der Waals surface area contributed by atoms with E-state index in [1.165, 1.54) is 13.2 Å². The summed E-state index contributed by atoms with van der Waals surface area (Å²) >= 11 is 6.13. The molecule has 2 fully saturated rings. The molecule has 0 bridgehead atoms. The third-order valence-corrected chi connectivity index (χ3v) is 7.18. The van der Waals surface area contributed by atoms with Crippen molar-refractivity contribution in [1.29, 1.82) is 0 Å². The largest absolute Gasteiger partial charge is 0.496 e. The first-order chi connectivity index (χ1) is 17.0. The van der Waals surface area contributed by atoms with E-state index in [9.17, 15) is 9.59 Å². The van der Waals surface area contributed by atoms with Gasteiger partial charge in [-0.15, -0.1) is 0 Å². The van der Waals surface area contributed by atoms with Crippen molar-refractivity contribution < 1.29 is 19.1 Å². The molecule has 0 radical (unpaired) electrons. The number of nitrogen functional groups attached to an aromatic ring is 1. The number of carbonyl (C=O) groups excluding carboxylic acids is 2. The van der Waals surface area contributed by atoms with E-state index in [4.69, 9.17) is 26.8 Å². The van der Waals surface area contributed by atoms with Crippen molar-refractivity contribution >= 4 is 29.2 Å². The van der Waals surface area contributed by atoms with Gasteiger partial charge in [-0.2, -0.15) is 0 Å². The van der Waals surface area contributed by atoms with Gasteiger partial charge in [-0.25, -0.2) is 4.79 Å². The van der Waals surface area contributed by atoms with Crippen LogP contribution in [0.15, 0.2) is 42.5 Å². The summed E-state index contributed by atoms with van der Waals surface area (Å²) in [6.07, 6.45) is 3.33. The average Bonchev–Trinajstić information content (AvgIpc) is 2.87. The van der Waals surface area contributed by atoms with Crippen LogP contribution in [0.5, 0.6) is 11.5 Å². The van der Waals surface area contributed by atoms with Crippen molar-refractivity contribution in [2.75, 3.05) is 39.0 Å². The molecule has 2 aliphatic rings. The number of rotatable bonds is 7. The maximum atomic E-state index is 13.3. The van der Waals surface area contributed by atoms with Gasteiger partial charge in [0, 0.05) is 25.2 Å². The summed E-state index contributed by atoms with van der Waals surface area (Å²) in [4.78, 5) is 28.5. The Balaban J connectivity index is 1.40. The topological polar surface area (TPSA) is 106 Å². The van der Waals surface area contributed by atoms with Crippen LogP contribution in [-0.4, -0.2) is 62.1 Å². The minimum Gasteiger partial charge on any atom is -0.496 e. The van der Waals surface area contributed by atoms with Crippen LogP contribution >= 0.6 is 11.6 Å². The number of nitrogens with one attached hydrogen (secondary N) is 2. The number of amides is 1. The van der Waals surface area contributed by atoms with E-state index >= 15 is 0 Å². The monoisotopic (exact) mass is 500 g/mol. The van der Waals surface area contributed by atoms with Crippen molar-refractivity contribution in [3.05, 3.63) is 53.1 Å². The molecule has 1 unspecified atom stereocenters. The van der Waals surface area contributed by atoms with Gasteiger partial charge in [0.15, 0.2) is 0 Å². The van der Waals surface area contributed by atoms with Crippen molar-refractivity contribution in [2.45, 2.75) is 37.8 Å². The number of para-hydroxylation sites is 1. The molecule has 8 nitrogen and oxygen atoms in total. The number of nitrogens with two attached hydrogens (primary N) is 1. The Morgan fingerprint density at radius 3 is 2.46 bits per heavy atom. The summed E-state index contributed by atoms with van der Waals surface area (Å²) in [5.74, 6) is 0.735. The molecular formula is C26H33ClN4O4. The van der Waals surface area contributed by atoms with E-state index in [0.29, 0.717) is 40.9 Å². The highest BCUT2D eigenvalue weighted by Gasteiger charge is 2.38. The highest BCUT2D eigenvalue weighted by atomic mass is 35.5. The van der Waals surface area contributed by atoms with Crippen LogP contribution < -0.4 is 25.8 Å². The van der Waals surface area contributed by atoms with Gasteiger partial charge in [-0.05, 0) is 62.9 Å². The Labute approximate surface area is 211 Å². The number of benzene rings is 2. The zero-order valence-electron chi connectivity index (χ0n) is 20.0. The Morgan fingerprint density at radius 1 is 1.11 bits per heavy atom. The fraction of sp³-hybridized carbons (Fsp3) is 0.462. The molecule has 1 atom stereocenters. The summed E-state index contributed by atoms with van der Waals surface area (Å²) in [5, 5.41) is 6.78. The Hall–Kier alpha value is -2.81. The van der Waals surface area contributed by atoms with Gasteiger partial charge >= 0.3 is 5.97 Å². The third-order valence-electron chi connectivity index (χ3n) is 6.86. The molecule has 4 rings (SSSR count). The first kappa shape index (κ1) is 25.3. The molecule has 35 heavy (non-hydrogen) atoms. The molecule has 9 heteroatoms. The van der Waals surface area contributed by atoms with Crippen molar-refractivity contribution in [2.24, 2.45) is 5.92 Å². The zero-order valence-corrected chi connectivity index (χ0v) is 20.7. The fourth-order valence-corrected chi connectivity index (χ4v) is 5.13. The maximum Gasteiger partial charge on any atom is 0.329 e. The van der Waals surface area contributed by atoms with Crippen LogP contribution in [0.1, 0.15) is 36.0 Å². The lowest BCUT2D eigenvalue weighted by molar-refractivity contribution is -0.143. The van der Waals surface area contributed by atoms with Gasteiger partial charge in [0.1, 0.15) is 17.5 Å². The van der Waals surface area contributed by atoms with Crippen LogP contribution in [0.25, 0.3) is 0 Å². The third kappa shape index (κ3) is 6.25. The standard InChI is InChI=1S/C26H33ClN4O4/c1-34-23-16-22(28)21(27)15-20(23)25(32)30-18-9-13-31(14-10-18)24(17-7-11-29-12-8-17)26(33)35-19-5-3-2-4-6-19/h2-6,15-18,24,29H,7-14,28H2,1H3,(H,30,32). The summed E-state index contributed by atoms with van der Waals surface area (Å²) in [6.45, 7) is 3.20. The number of halogens is 1. The summed E-state index contributed by atoms with van der Waals surface area (Å²) < 4.78 is 11.1.